The molecule has 0 aliphatic carbocycles. The lowest BCUT2D eigenvalue weighted by Crippen LogP contribution is -2.14. The summed E-state index contributed by atoms with van der Waals surface area (Å²) >= 11 is 0. The van der Waals surface area contributed by atoms with Crippen molar-refractivity contribution in [2.75, 3.05) is 5.32 Å². The number of aryl methyl sites for hydroxylation is 3. The largest absolute Gasteiger partial charge is 0.319 e. The predicted octanol–water partition coefficient (Wildman–Crippen LogP) is 5.25. The van der Waals surface area contributed by atoms with E-state index in [1.54, 1.807) is 16.8 Å². The summed E-state index contributed by atoms with van der Waals surface area (Å²) in [6, 6.07) is 19.5. The molecule has 6 heteroatoms. The number of hydrogen-bond acceptors (Lipinski definition) is 3. The van der Waals surface area contributed by atoms with E-state index in [9.17, 15) is 9.18 Å². The maximum absolute atomic E-state index is 13.4. The number of amides is 1. The maximum Gasteiger partial charge on any atom is 0.295 e. The first-order valence-corrected chi connectivity index (χ1v) is 9.59. The minimum absolute atomic E-state index is 0.0378. The molecule has 1 N–H and O–H groups in total. The van der Waals surface area contributed by atoms with Crippen LogP contribution in [0.5, 0.6) is 0 Å². The Kier molecular flexibility index (Phi) is 5.14. The van der Waals surface area contributed by atoms with Crippen LogP contribution in [0, 0.1) is 26.6 Å². The molecule has 0 aliphatic heterocycles. The van der Waals surface area contributed by atoms with Gasteiger partial charge < -0.3 is 5.32 Å². The van der Waals surface area contributed by atoms with Gasteiger partial charge in [0.1, 0.15) is 5.82 Å². The summed E-state index contributed by atoms with van der Waals surface area (Å²) in [4.78, 5) is 17.3. The third-order valence-corrected chi connectivity index (χ3v) is 4.81. The predicted molar refractivity (Wildman–Crippen MR) is 115 cm³/mol. The molecule has 3 aromatic carbocycles. The smallest absolute Gasteiger partial charge is 0.295 e. The second-order valence-electron chi connectivity index (χ2n) is 7.29. The Morgan fingerprint density at radius 1 is 0.900 bits per heavy atom. The zero-order chi connectivity index (χ0) is 21.3. The van der Waals surface area contributed by atoms with Crippen LogP contribution in [-0.4, -0.2) is 20.7 Å². The number of halogens is 1. The van der Waals surface area contributed by atoms with Gasteiger partial charge in [0, 0.05) is 11.3 Å². The third-order valence-electron chi connectivity index (χ3n) is 4.81. The van der Waals surface area contributed by atoms with E-state index < -0.39 is 5.91 Å². The van der Waals surface area contributed by atoms with Gasteiger partial charge in [0.15, 0.2) is 5.82 Å². The average molecular weight is 400 g/mol. The van der Waals surface area contributed by atoms with Crippen molar-refractivity contribution in [2.45, 2.75) is 20.8 Å². The number of nitrogens with zero attached hydrogens (tertiary/aromatic N) is 3. The molecule has 0 spiro atoms. The first-order valence-electron chi connectivity index (χ1n) is 9.59. The van der Waals surface area contributed by atoms with E-state index in [2.05, 4.69) is 15.4 Å². The summed E-state index contributed by atoms with van der Waals surface area (Å²) in [5.74, 6) is -0.242. The molecule has 0 fully saturated rings. The number of carbonyl (C=O) groups is 1. The SMILES string of the molecule is Cc1ccc(NC(=O)c2nc(-c3ccc(F)cc3)n(-c3cc(C)ccc3C)n2)cc1. The topological polar surface area (TPSA) is 59.8 Å². The van der Waals surface area contributed by atoms with E-state index >= 15 is 0 Å². The molecule has 0 atom stereocenters. The van der Waals surface area contributed by atoms with Crippen LogP contribution < -0.4 is 5.32 Å². The molecule has 30 heavy (non-hydrogen) atoms. The number of aromatic nitrogens is 3. The van der Waals surface area contributed by atoms with Gasteiger partial charge in [0.25, 0.3) is 5.91 Å². The second kappa shape index (κ2) is 7.91. The number of anilines is 1. The van der Waals surface area contributed by atoms with Gasteiger partial charge in [-0.1, -0.05) is 29.8 Å². The fourth-order valence-electron chi connectivity index (χ4n) is 3.13. The van der Waals surface area contributed by atoms with Gasteiger partial charge in [0.05, 0.1) is 5.69 Å². The van der Waals surface area contributed by atoms with Gasteiger partial charge in [-0.15, -0.1) is 5.10 Å². The fraction of sp³-hybridized carbons (Fsp3) is 0.125. The molecule has 150 valence electrons. The molecule has 4 rings (SSSR count). The Morgan fingerprint density at radius 2 is 1.57 bits per heavy atom. The number of hydrogen-bond donors (Lipinski definition) is 1. The number of rotatable bonds is 4. The lowest BCUT2D eigenvalue weighted by atomic mass is 10.1. The molecule has 1 heterocycles. The van der Waals surface area contributed by atoms with Crippen molar-refractivity contribution in [1.29, 1.82) is 0 Å². The highest BCUT2D eigenvalue weighted by Crippen LogP contribution is 2.24. The van der Waals surface area contributed by atoms with Crippen LogP contribution in [0.15, 0.2) is 66.7 Å². The normalized spacial score (nSPS) is 10.8. The molecule has 5 nitrogen and oxygen atoms in total. The highest BCUT2D eigenvalue weighted by molar-refractivity contribution is 6.01. The highest BCUT2D eigenvalue weighted by Gasteiger charge is 2.20. The first kappa shape index (κ1) is 19.5. The minimum Gasteiger partial charge on any atom is -0.319 e. The maximum atomic E-state index is 13.4. The van der Waals surface area contributed by atoms with E-state index in [0.717, 1.165) is 22.4 Å². The van der Waals surface area contributed by atoms with E-state index in [-0.39, 0.29) is 11.6 Å². The molecule has 1 aromatic heterocycles. The third kappa shape index (κ3) is 3.98. The zero-order valence-electron chi connectivity index (χ0n) is 17.0. The quantitative estimate of drug-likeness (QED) is 0.509. The van der Waals surface area contributed by atoms with Crippen LogP contribution in [0.4, 0.5) is 10.1 Å². The summed E-state index contributed by atoms with van der Waals surface area (Å²) in [6.07, 6.45) is 0. The van der Waals surface area contributed by atoms with Crippen LogP contribution in [0.3, 0.4) is 0 Å². The van der Waals surface area contributed by atoms with Crippen molar-refractivity contribution in [3.63, 3.8) is 0 Å². The lowest BCUT2D eigenvalue weighted by Gasteiger charge is -2.10. The van der Waals surface area contributed by atoms with Gasteiger partial charge >= 0.3 is 0 Å². The molecule has 0 aliphatic rings. The number of carbonyl (C=O) groups excluding carboxylic acids is 1. The van der Waals surface area contributed by atoms with E-state index in [4.69, 9.17) is 0 Å². The lowest BCUT2D eigenvalue weighted by molar-refractivity contribution is 0.101. The average Bonchev–Trinajstić information content (AvgIpc) is 3.17. The molecule has 4 aromatic rings. The summed E-state index contributed by atoms with van der Waals surface area (Å²) < 4.78 is 15.1. The van der Waals surface area contributed by atoms with Crippen LogP contribution in [-0.2, 0) is 0 Å². The Hall–Kier alpha value is -3.80. The van der Waals surface area contributed by atoms with Crippen LogP contribution >= 0.6 is 0 Å². The Balaban J connectivity index is 1.79. The van der Waals surface area contributed by atoms with Crippen LogP contribution in [0.25, 0.3) is 17.1 Å². The Labute approximate surface area is 174 Å². The van der Waals surface area contributed by atoms with Crippen molar-refractivity contribution in [3.8, 4) is 17.1 Å². The molecular weight excluding hydrogens is 379 g/mol. The molecule has 0 radical (unpaired) electrons. The Morgan fingerprint density at radius 3 is 2.27 bits per heavy atom. The number of benzene rings is 3. The first-order chi connectivity index (χ1) is 14.4. The fourth-order valence-corrected chi connectivity index (χ4v) is 3.13. The number of nitrogens with one attached hydrogen (secondary N) is 1. The van der Waals surface area contributed by atoms with Crippen molar-refractivity contribution < 1.29 is 9.18 Å². The molecule has 0 saturated carbocycles. The van der Waals surface area contributed by atoms with Crippen LogP contribution in [0.1, 0.15) is 27.3 Å². The molecule has 0 saturated heterocycles. The molecular formula is C24H21FN4O. The van der Waals surface area contributed by atoms with Gasteiger partial charge in [-0.25, -0.2) is 14.1 Å². The van der Waals surface area contributed by atoms with E-state index in [0.29, 0.717) is 17.1 Å². The highest BCUT2D eigenvalue weighted by atomic mass is 19.1. The molecule has 0 bridgehead atoms. The molecule has 0 unspecified atom stereocenters. The van der Waals surface area contributed by atoms with Gasteiger partial charge in [0.2, 0.25) is 5.82 Å². The summed E-state index contributed by atoms with van der Waals surface area (Å²) in [5, 5.41) is 7.32. The second-order valence-corrected chi connectivity index (χ2v) is 7.29. The van der Waals surface area contributed by atoms with Crippen molar-refractivity contribution in [1.82, 2.24) is 14.8 Å². The van der Waals surface area contributed by atoms with Gasteiger partial charge in [-0.05, 0) is 74.4 Å². The zero-order valence-corrected chi connectivity index (χ0v) is 17.0. The standard InChI is InChI=1S/C24H21FN4O/c1-15-5-12-20(13-6-15)26-24(30)22-27-23(18-8-10-19(25)11-9-18)29(28-22)21-14-16(2)4-7-17(21)3/h4-14H,1-3H3,(H,26,30). The monoisotopic (exact) mass is 400 g/mol. The minimum atomic E-state index is -0.411. The summed E-state index contributed by atoms with van der Waals surface area (Å²) in [5.41, 5.74) is 5.29. The van der Waals surface area contributed by atoms with Gasteiger partial charge in [-0.2, -0.15) is 0 Å². The van der Waals surface area contributed by atoms with Crippen molar-refractivity contribution in [3.05, 3.63) is 95.1 Å². The van der Waals surface area contributed by atoms with E-state index in [1.807, 2.05) is 63.2 Å². The Bertz CT molecular complexity index is 1210. The van der Waals surface area contributed by atoms with Crippen molar-refractivity contribution in [2.24, 2.45) is 0 Å². The van der Waals surface area contributed by atoms with E-state index in [1.165, 1.54) is 12.1 Å². The summed E-state index contributed by atoms with van der Waals surface area (Å²) in [7, 11) is 0. The van der Waals surface area contributed by atoms with Crippen LogP contribution in [0.2, 0.25) is 0 Å². The van der Waals surface area contributed by atoms with Crippen molar-refractivity contribution >= 4 is 11.6 Å². The van der Waals surface area contributed by atoms with Gasteiger partial charge in [-0.3, -0.25) is 4.79 Å². The molecule has 1 amide bonds. The summed E-state index contributed by atoms with van der Waals surface area (Å²) in [6.45, 7) is 5.94.